The molecule has 1 aromatic rings. The number of benzene rings is 1. The second-order valence-corrected chi connectivity index (χ2v) is 4.84. The van der Waals surface area contributed by atoms with Crippen molar-refractivity contribution in [2.24, 2.45) is 0 Å². The molecule has 0 radical (unpaired) electrons. The molecule has 0 fully saturated rings. The Labute approximate surface area is 101 Å². The molecule has 4 heteroatoms. The molecule has 1 aromatic carbocycles. The zero-order valence-corrected chi connectivity index (χ0v) is 10.6. The summed E-state index contributed by atoms with van der Waals surface area (Å²) in [4.78, 5) is 10.8. The lowest BCUT2D eigenvalue weighted by Crippen LogP contribution is -2.40. The van der Waals surface area contributed by atoms with Crippen LogP contribution in [0.5, 0.6) is 0 Å². The molecular weight excluding hydrogens is 224 g/mol. The van der Waals surface area contributed by atoms with Gasteiger partial charge in [0.2, 0.25) is 0 Å². The molecule has 0 bridgehead atoms. The van der Waals surface area contributed by atoms with Crippen molar-refractivity contribution in [3.8, 4) is 0 Å². The van der Waals surface area contributed by atoms with E-state index in [9.17, 15) is 4.79 Å². The number of hydrogen-bond acceptors (Lipinski definition) is 3. The van der Waals surface area contributed by atoms with E-state index in [2.05, 4.69) is 5.32 Å². The van der Waals surface area contributed by atoms with Crippen LogP contribution in [0.25, 0.3) is 0 Å². The molecule has 0 unspecified atom stereocenters. The molecule has 88 valence electrons. The van der Waals surface area contributed by atoms with E-state index in [0.29, 0.717) is 17.3 Å². The van der Waals surface area contributed by atoms with Gasteiger partial charge in [-0.1, -0.05) is 11.6 Å². The molecule has 0 saturated heterocycles. The fourth-order valence-corrected chi connectivity index (χ4v) is 1.52. The van der Waals surface area contributed by atoms with E-state index in [4.69, 9.17) is 17.3 Å². The first-order valence-electron chi connectivity index (χ1n) is 5.12. The highest BCUT2D eigenvalue weighted by atomic mass is 35.5. The largest absolute Gasteiger partial charge is 0.398 e. The van der Waals surface area contributed by atoms with Crippen LogP contribution in [-0.2, 0) is 11.3 Å². The van der Waals surface area contributed by atoms with Crippen molar-refractivity contribution < 1.29 is 4.79 Å². The number of rotatable bonds is 4. The van der Waals surface area contributed by atoms with E-state index in [1.54, 1.807) is 12.1 Å². The highest BCUT2D eigenvalue weighted by molar-refractivity contribution is 6.31. The monoisotopic (exact) mass is 240 g/mol. The number of hydrogen-bond donors (Lipinski definition) is 2. The number of carbonyl (C=O) groups excluding carboxylic acids is 1. The molecule has 0 spiro atoms. The molecule has 0 aliphatic carbocycles. The van der Waals surface area contributed by atoms with Crippen LogP contribution in [0.15, 0.2) is 12.1 Å². The minimum atomic E-state index is -0.554. The number of nitrogen functional groups attached to an aromatic ring is 1. The van der Waals surface area contributed by atoms with Crippen LogP contribution in [0.2, 0.25) is 5.02 Å². The maximum atomic E-state index is 10.8. The summed E-state index contributed by atoms with van der Waals surface area (Å²) in [5.41, 5.74) is 7.91. The van der Waals surface area contributed by atoms with Crippen molar-refractivity contribution >= 4 is 23.6 Å². The van der Waals surface area contributed by atoms with Gasteiger partial charge >= 0.3 is 0 Å². The van der Waals surface area contributed by atoms with Gasteiger partial charge in [-0.25, -0.2) is 0 Å². The third-order valence-electron chi connectivity index (χ3n) is 2.58. The molecule has 1 rings (SSSR count). The summed E-state index contributed by atoms with van der Waals surface area (Å²) in [7, 11) is 0. The van der Waals surface area contributed by atoms with Crippen LogP contribution in [0, 0.1) is 6.92 Å². The van der Waals surface area contributed by atoms with Crippen molar-refractivity contribution in [1.82, 2.24) is 5.32 Å². The quantitative estimate of drug-likeness (QED) is 0.627. The molecular formula is C12H17ClN2O. The first-order valence-corrected chi connectivity index (χ1v) is 5.50. The zero-order valence-electron chi connectivity index (χ0n) is 9.80. The van der Waals surface area contributed by atoms with Gasteiger partial charge in [0.25, 0.3) is 0 Å². The molecule has 0 aliphatic heterocycles. The fraction of sp³-hybridized carbons (Fsp3) is 0.417. The van der Waals surface area contributed by atoms with Crippen molar-refractivity contribution in [2.75, 3.05) is 5.73 Å². The zero-order chi connectivity index (χ0) is 12.3. The van der Waals surface area contributed by atoms with Crippen LogP contribution in [0.1, 0.15) is 25.0 Å². The number of anilines is 1. The van der Waals surface area contributed by atoms with Crippen LogP contribution in [-0.4, -0.2) is 11.8 Å². The fourth-order valence-electron chi connectivity index (χ4n) is 1.34. The van der Waals surface area contributed by atoms with Gasteiger partial charge in [0.1, 0.15) is 6.29 Å². The lowest BCUT2D eigenvalue weighted by atomic mass is 10.0. The van der Waals surface area contributed by atoms with Crippen molar-refractivity contribution in [3.05, 3.63) is 28.3 Å². The molecule has 3 N–H and O–H groups in total. The van der Waals surface area contributed by atoms with Gasteiger partial charge in [0.15, 0.2) is 0 Å². The Bertz CT molecular complexity index is 402. The van der Waals surface area contributed by atoms with E-state index < -0.39 is 5.54 Å². The highest BCUT2D eigenvalue weighted by Gasteiger charge is 2.16. The lowest BCUT2D eigenvalue weighted by molar-refractivity contribution is -0.112. The predicted octanol–water partition coefficient (Wildman–Crippen LogP) is 2.30. The Morgan fingerprint density at radius 2 is 2.12 bits per heavy atom. The minimum absolute atomic E-state index is 0.532. The topological polar surface area (TPSA) is 55.1 Å². The van der Waals surface area contributed by atoms with E-state index >= 15 is 0 Å². The Morgan fingerprint density at radius 3 is 2.69 bits per heavy atom. The molecule has 0 aliphatic rings. The van der Waals surface area contributed by atoms with Gasteiger partial charge in [-0.2, -0.15) is 0 Å². The lowest BCUT2D eigenvalue weighted by Gasteiger charge is -2.21. The van der Waals surface area contributed by atoms with Gasteiger partial charge in [-0.05, 0) is 44.0 Å². The molecule has 0 amide bonds. The number of nitrogens with one attached hydrogen (secondary N) is 1. The maximum absolute atomic E-state index is 10.8. The predicted molar refractivity (Wildman–Crippen MR) is 67.6 cm³/mol. The van der Waals surface area contributed by atoms with Crippen LogP contribution in [0.3, 0.4) is 0 Å². The summed E-state index contributed by atoms with van der Waals surface area (Å²) < 4.78 is 0. The Balaban J connectivity index is 2.89. The summed E-state index contributed by atoms with van der Waals surface area (Å²) in [6, 6.07) is 3.56. The van der Waals surface area contributed by atoms with Crippen LogP contribution >= 0.6 is 11.6 Å². The van der Waals surface area contributed by atoms with Gasteiger partial charge in [0.05, 0.1) is 5.54 Å². The van der Waals surface area contributed by atoms with Gasteiger partial charge in [-0.3, -0.25) is 0 Å². The van der Waals surface area contributed by atoms with E-state index in [-0.39, 0.29) is 0 Å². The second-order valence-electron chi connectivity index (χ2n) is 4.43. The van der Waals surface area contributed by atoms with E-state index in [1.165, 1.54) is 0 Å². The molecule has 0 aromatic heterocycles. The van der Waals surface area contributed by atoms with E-state index in [1.807, 2.05) is 20.8 Å². The number of nitrogens with two attached hydrogens (primary N) is 1. The van der Waals surface area contributed by atoms with Gasteiger partial charge in [0, 0.05) is 17.3 Å². The number of aldehydes is 1. The van der Waals surface area contributed by atoms with Gasteiger partial charge < -0.3 is 15.8 Å². The van der Waals surface area contributed by atoms with Gasteiger partial charge in [-0.15, -0.1) is 0 Å². The van der Waals surface area contributed by atoms with Crippen LogP contribution < -0.4 is 11.1 Å². The van der Waals surface area contributed by atoms with E-state index in [0.717, 1.165) is 17.4 Å². The summed E-state index contributed by atoms with van der Waals surface area (Å²) in [5, 5.41) is 3.82. The first kappa shape index (κ1) is 13.0. The number of carbonyl (C=O) groups is 1. The summed E-state index contributed by atoms with van der Waals surface area (Å²) in [6.45, 7) is 6.08. The van der Waals surface area contributed by atoms with Crippen LogP contribution in [0.4, 0.5) is 5.69 Å². The number of halogens is 1. The summed E-state index contributed by atoms with van der Waals surface area (Å²) in [5.74, 6) is 0. The normalized spacial score (nSPS) is 11.5. The standard InChI is InChI=1S/C12H17ClN2O/c1-8-9(6-15-12(2,3)7-16)11(14)5-4-10(8)13/h4-5,7,15H,6,14H2,1-3H3. The Hall–Kier alpha value is -1.06. The van der Waals surface area contributed by atoms with Crippen molar-refractivity contribution in [1.29, 1.82) is 0 Å². The third-order valence-corrected chi connectivity index (χ3v) is 2.99. The van der Waals surface area contributed by atoms with Crippen molar-refractivity contribution in [3.63, 3.8) is 0 Å². The SMILES string of the molecule is Cc1c(Cl)ccc(N)c1CNC(C)(C)C=O. The Morgan fingerprint density at radius 1 is 1.50 bits per heavy atom. The molecule has 16 heavy (non-hydrogen) atoms. The average Bonchev–Trinajstić information content (AvgIpc) is 2.24. The molecule has 0 saturated carbocycles. The summed E-state index contributed by atoms with van der Waals surface area (Å²) >= 11 is 6.02. The molecule has 0 heterocycles. The second kappa shape index (κ2) is 4.85. The molecule has 3 nitrogen and oxygen atoms in total. The molecule has 0 atom stereocenters. The maximum Gasteiger partial charge on any atom is 0.139 e. The summed E-state index contributed by atoms with van der Waals surface area (Å²) in [6.07, 6.45) is 0.878. The average molecular weight is 241 g/mol. The minimum Gasteiger partial charge on any atom is -0.398 e. The highest BCUT2D eigenvalue weighted by Crippen LogP contribution is 2.24. The Kier molecular flexibility index (Phi) is 3.94. The third kappa shape index (κ3) is 2.97. The smallest absolute Gasteiger partial charge is 0.139 e. The first-order chi connectivity index (χ1) is 7.37. The van der Waals surface area contributed by atoms with Crippen molar-refractivity contribution in [2.45, 2.75) is 32.9 Å².